The maximum Gasteiger partial charge on any atom is 0.347 e. The molecule has 0 spiro atoms. The van der Waals surface area contributed by atoms with Crippen LogP contribution in [0.4, 0.5) is 0 Å². The van der Waals surface area contributed by atoms with Gasteiger partial charge >= 0.3 is 5.69 Å². The lowest BCUT2D eigenvalue weighted by atomic mass is 9.84. The van der Waals surface area contributed by atoms with E-state index in [2.05, 4.69) is 4.98 Å². The summed E-state index contributed by atoms with van der Waals surface area (Å²) in [6, 6.07) is 11.5. The molecule has 0 bridgehead atoms. The summed E-state index contributed by atoms with van der Waals surface area (Å²) in [6.07, 6.45) is 2.42. The molecule has 0 atom stereocenters. The van der Waals surface area contributed by atoms with Crippen LogP contribution in [0.25, 0.3) is 10.9 Å². The van der Waals surface area contributed by atoms with Crippen molar-refractivity contribution in [2.45, 2.75) is 6.42 Å². The van der Waals surface area contributed by atoms with Crippen molar-refractivity contribution < 1.29 is 4.79 Å². The molecule has 0 radical (unpaired) electrons. The number of carbonyl (C=O) groups is 1. The van der Waals surface area contributed by atoms with E-state index in [0.29, 0.717) is 23.1 Å². The minimum atomic E-state index is -0.345. The summed E-state index contributed by atoms with van der Waals surface area (Å²) in [5.41, 5.74) is 3.41. The first kappa shape index (κ1) is 12.0. The Morgan fingerprint density at radius 3 is 2.71 bits per heavy atom. The van der Waals surface area contributed by atoms with Crippen molar-refractivity contribution >= 4 is 16.7 Å². The molecule has 1 heterocycles. The molecule has 1 aromatic heterocycles. The van der Waals surface area contributed by atoms with Gasteiger partial charge in [-0.2, -0.15) is 4.98 Å². The molecule has 4 rings (SSSR count). The molecule has 0 unspecified atom stereocenters. The molecule has 21 heavy (non-hydrogen) atoms. The topological polar surface area (TPSA) is 52.0 Å². The molecule has 0 saturated carbocycles. The molecule has 0 amide bonds. The number of aryl methyl sites for hydroxylation is 1. The fourth-order valence-electron chi connectivity index (χ4n) is 2.95. The number of hydrogen-bond acceptors (Lipinski definition) is 3. The van der Waals surface area contributed by atoms with Gasteiger partial charge in [-0.25, -0.2) is 4.79 Å². The zero-order valence-electron chi connectivity index (χ0n) is 11.5. The Hall–Kier alpha value is -2.75. The van der Waals surface area contributed by atoms with Gasteiger partial charge in [0.2, 0.25) is 0 Å². The number of benzene rings is 2. The highest BCUT2D eigenvalue weighted by Crippen LogP contribution is 2.30. The van der Waals surface area contributed by atoms with Crippen molar-refractivity contribution in [1.82, 2.24) is 9.55 Å². The van der Waals surface area contributed by atoms with Gasteiger partial charge < -0.3 is 4.57 Å². The van der Waals surface area contributed by atoms with Gasteiger partial charge in [0.15, 0.2) is 5.78 Å². The van der Waals surface area contributed by atoms with Crippen LogP contribution in [0.15, 0.2) is 47.4 Å². The third kappa shape index (κ3) is 1.65. The van der Waals surface area contributed by atoms with E-state index in [1.54, 1.807) is 13.2 Å². The van der Waals surface area contributed by atoms with Crippen molar-refractivity contribution in [3.8, 4) is 0 Å². The van der Waals surface area contributed by atoms with Crippen LogP contribution in [0, 0.1) is 0 Å². The highest BCUT2D eigenvalue weighted by Gasteiger charge is 2.25. The first-order valence-corrected chi connectivity index (χ1v) is 6.77. The maximum atomic E-state index is 12.8. The minimum absolute atomic E-state index is 0.0433. The first-order valence-electron chi connectivity index (χ1n) is 6.77. The Morgan fingerprint density at radius 1 is 1.05 bits per heavy atom. The number of carbonyl (C=O) groups excluding carboxylic acids is 1. The van der Waals surface area contributed by atoms with Crippen LogP contribution in [0.5, 0.6) is 0 Å². The molecule has 102 valence electrons. The van der Waals surface area contributed by atoms with E-state index in [9.17, 15) is 9.59 Å². The maximum absolute atomic E-state index is 12.8. The molecule has 0 fully saturated rings. The van der Waals surface area contributed by atoms with Crippen molar-refractivity contribution in [3.63, 3.8) is 0 Å². The Morgan fingerprint density at radius 2 is 1.86 bits per heavy atom. The molecule has 0 N–H and O–H groups in total. The van der Waals surface area contributed by atoms with Crippen LogP contribution in [-0.4, -0.2) is 15.3 Å². The van der Waals surface area contributed by atoms with Gasteiger partial charge in [-0.05, 0) is 17.5 Å². The molecule has 4 nitrogen and oxygen atoms in total. The molecule has 3 aromatic rings. The lowest BCUT2D eigenvalue weighted by molar-refractivity contribution is 0.103. The van der Waals surface area contributed by atoms with Crippen molar-refractivity contribution in [2.75, 3.05) is 0 Å². The summed E-state index contributed by atoms with van der Waals surface area (Å²) in [7, 11) is 1.66. The van der Waals surface area contributed by atoms with E-state index in [1.165, 1.54) is 4.57 Å². The molecule has 1 aliphatic carbocycles. The Bertz CT molecular complexity index is 970. The number of rotatable bonds is 0. The second-order valence-corrected chi connectivity index (χ2v) is 5.33. The number of fused-ring (bicyclic) bond motifs is 4. The Kier molecular flexibility index (Phi) is 2.36. The van der Waals surface area contributed by atoms with Gasteiger partial charge in [-0.15, -0.1) is 0 Å². The molecule has 2 aromatic carbocycles. The third-order valence-electron chi connectivity index (χ3n) is 4.01. The average molecular weight is 276 g/mol. The molecule has 0 aliphatic heterocycles. The van der Waals surface area contributed by atoms with Crippen LogP contribution in [0.2, 0.25) is 0 Å². The van der Waals surface area contributed by atoms with E-state index < -0.39 is 0 Å². The smallest absolute Gasteiger partial charge is 0.302 e. The number of hydrogen-bond donors (Lipinski definition) is 0. The van der Waals surface area contributed by atoms with Gasteiger partial charge in [0.05, 0.1) is 11.1 Å². The van der Waals surface area contributed by atoms with Crippen molar-refractivity contribution in [1.29, 1.82) is 0 Å². The lowest BCUT2D eigenvalue weighted by Crippen LogP contribution is -2.22. The highest BCUT2D eigenvalue weighted by atomic mass is 16.1. The van der Waals surface area contributed by atoms with Crippen LogP contribution in [0.3, 0.4) is 0 Å². The summed E-state index contributed by atoms with van der Waals surface area (Å²) in [4.78, 5) is 28.7. The zero-order chi connectivity index (χ0) is 14.6. The van der Waals surface area contributed by atoms with Gasteiger partial charge in [-0.3, -0.25) is 4.79 Å². The number of nitrogens with zero attached hydrogens (tertiary/aromatic N) is 2. The molecular formula is C17H12N2O2. The standard InChI is InChI=1S/C17H12N2O2/c1-19-9-12-7-6-11-8-10-4-2-3-5-13(10)16(20)14(11)15(12)18-17(19)21/h2-7,9H,8H2,1H3. The lowest BCUT2D eigenvalue weighted by Gasteiger charge is -2.19. The predicted molar refractivity (Wildman–Crippen MR) is 79.7 cm³/mol. The van der Waals surface area contributed by atoms with E-state index in [4.69, 9.17) is 0 Å². The van der Waals surface area contributed by atoms with Crippen molar-refractivity contribution in [3.05, 3.63) is 75.3 Å². The summed E-state index contributed by atoms with van der Waals surface area (Å²) in [6.45, 7) is 0. The number of aromatic nitrogens is 2. The highest BCUT2D eigenvalue weighted by molar-refractivity contribution is 6.18. The van der Waals surface area contributed by atoms with E-state index >= 15 is 0 Å². The zero-order valence-corrected chi connectivity index (χ0v) is 11.5. The fourth-order valence-corrected chi connectivity index (χ4v) is 2.95. The van der Waals surface area contributed by atoms with E-state index in [1.807, 2.05) is 36.4 Å². The largest absolute Gasteiger partial charge is 0.347 e. The van der Waals surface area contributed by atoms with Gasteiger partial charge in [0.25, 0.3) is 0 Å². The summed E-state index contributed by atoms with van der Waals surface area (Å²) in [5, 5.41) is 0.809. The summed E-state index contributed by atoms with van der Waals surface area (Å²) >= 11 is 0. The van der Waals surface area contributed by atoms with Crippen LogP contribution in [0.1, 0.15) is 27.0 Å². The predicted octanol–water partition coefficient (Wildman–Crippen LogP) is 2.07. The first-order chi connectivity index (χ1) is 10.1. The van der Waals surface area contributed by atoms with E-state index in [0.717, 1.165) is 16.5 Å². The van der Waals surface area contributed by atoms with Crippen LogP contribution < -0.4 is 5.69 Å². The molecule has 0 saturated heterocycles. The van der Waals surface area contributed by atoms with Gasteiger partial charge in [0.1, 0.15) is 0 Å². The molecule has 1 aliphatic rings. The van der Waals surface area contributed by atoms with Crippen LogP contribution >= 0.6 is 0 Å². The van der Waals surface area contributed by atoms with Gasteiger partial charge in [-0.1, -0.05) is 36.4 Å². The SMILES string of the molecule is Cn1cc2ccc3c(c2nc1=O)C(=O)c1ccccc1C3. The number of ketones is 1. The molecular weight excluding hydrogens is 264 g/mol. The Balaban J connectivity index is 2.08. The minimum Gasteiger partial charge on any atom is -0.302 e. The Labute approximate surface area is 120 Å². The summed E-state index contributed by atoms with van der Waals surface area (Å²) < 4.78 is 1.43. The summed E-state index contributed by atoms with van der Waals surface area (Å²) in [5.74, 6) is -0.0433. The van der Waals surface area contributed by atoms with Gasteiger partial charge in [0, 0.05) is 24.2 Å². The third-order valence-corrected chi connectivity index (χ3v) is 4.01. The average Bonchev–Trinajstić information content (AvgIpc) is 2.48. The fraction of sp³-hybridized carbons (Fsp3) is 0.118. The monoisotopic (exact) mass is 276 g/mol. The van der Waals surface area contributed by atoms with E-state index in [-0.39, 0.29) is 11.5 Å². The quantitative estimate of drug-likeness (QED) is 0.494. The second-order valence-electron chi connectivity index (χ2n) is 5.33. The van der Waals surface area contributed by atoms with Crippen molar-refractivity contribution in [2.24, 2.45) is 7.05 Å². The molecule has 4 heteroatoms. The normalized spacial score (nSPS) is 13.1. The van der Waals surface area contributed by atoms with Crippen LogP contribution in [-0.2, 0) is 13.5 Å². The second kappa shape index (κ2) is 4.12.